The highest BCUT2D eigenvalue weighted by Crippen LogP contribution is 2.17. The normalized spacial score (nSPS) is 16.4. The summed E-state index contributed by atoms with van der Waals surface area (Å²) in [5.41, 5.74) is 0.355. The van der Waals surface area contributed by atoms with E-state index in [1.807, 2.05) is 24.5 Å². The molecule has 2 rings (SSSR count). The van der Waals surface area contributed by atoms with Crippen molar-refractivity contribution in [2.75, 3.05) is 44.9 Å². The van der Waals surface area contributed by atoms with Gasteiger partial charge in [0.25, 0.3) is 5.91 Å². The molecule has 0 bridgehead atoms. The van der Waals surface area contributed by atoms with Crippen LogP contribution in [0.2, 0.25) is 0 Å². The van der Waals surface area contributed by atoms with Gasteiger partial charge in [0.2, 0.25) is 5.91 Å². The number of thioether (sulfide) groups is 1. The Morgan fingerprint density at radius 3 is 2.61 bits per heavy atom. The van der Waals surface area contributed by atoms with Gasteiger partial charge in [-0.05, 0) is 60.3 Å². The van der Waals surface area contributed by atoms with Crippen molar-refractivity contribution in [3.8, 4) is 0 Å². The first-order valence-electron chi connectivity index (χ1n) is 9.50. The van der Waals surface area contributed by atoms with Crippen LogP contribution in [-0.2, 0) is 9.53 Å². The van der Waals surface area contributed by atoms with Crippen molar-refractivity contribution < 1.29 is 14.3 Å². The standard InChI is InChI=1S/C20H30BrN3O3S/c1-20(2,24-9-11-27-12-10-24)14-22-19(26)17(8-13-28-3)23-18(25)15-6-4-5-7-16(15)21/h4-7,17H,8-14H2,1-3H3,(H,22,26)(H,23,25)/t17-/m0/s1. The molecule has 1 aromatic carbocycles. The molecule has 6 nitrogen and oxygen atoms in total. The molecule has 0 aromatic heterocycles. The summed E-state index contributed by atoms with van der Waals surface area (Å²) in [6.45, 7) is 7.91. The fourth-order valence-corrected chi connectivity index (χ4v) is 4.03. The second kappa shape index (κ2) is 11.2. The van der Waals surface area contributed by atoms with E-state index in [2.05, 4.69) is 45.3 Å². The number of morpholine rings is 1. The lowest BCUT2D eigenvalue weighted by Gasteiger charge is -2.41. The van der Waals surface area contributed by atoms with Crippen molar-refractivity contribution in [2.24, 2.45) is 0 Å². The number of rotatable bonds is 9. The topological polar surface area (TPSA) is 70.7 Å². The predicted octanol–water partition coefficient (Wildman–Crippen LogP) is 2.53. The van der Waals surface area contributed by atoms with Gasteiger partial charge in [-0.3, -0.25) is 14.5 Å². The van der Waals surface area contributed by atoms with Crippen LogP contribution in [0.15, 0.2) is 28.7 Å². The third kappa shape index (κ3) is 6.76. The summed E-state index contributed by atoms with van der Waals surface area (Å²) in [5, 5.41) is 5.94. The first-order valence-corrected chi connectivity index (χ1v) is 11.7. The molecule has 0 spiro atoms. The number of nitrogens with zero attached hydrogens (tertiary/aromatic N) is 1. The molecule has 0 saturated carbocycles. The molecule has 1 saturated heterocycles. The molecule has 1 aliphatic rings. The Balaban J connectivity index is 1.98. The number of carbonyl (C=O) groups is 2. The maximum Gasteiger partial charge on any atom is 0.253 e. The molecule has 28 heavy (non-hydrogen) atoms. The van der Waals surface area contributed by atoms with Gasteiger partial charge in [-0.2, -0.15) is 11.8 Å². The second-order valence-corrected chi connectivity index (χ2v) is 9.26. The Morgan fingerprint density at radius 1 is 1.29 bits per heavy atom. The van der Waals surface area contributed by atoms with E-state index in [0.29, 0.717) is 23.0 Å². The SMILES string of the molecule is CSCC[C@H](NC(=O)c1ccccc1Br)C(=O)NCC(C)(C)N1CCOCC1. The van der Waals surface area contributed by atoms with Crippen molar-refractivity contribution >= 4 is 39.5 Å². The van der Waals surface area contributed by atoms with Crippen LogP contribution in [0, 0.1) is 0 Å². The Kier molecular flexibility index (Phi) is 9.27. The van der Waals surface area contributed by atoms with Crippen molar-refractivity contribution in [3.63, 3.8) is 0 Å². The maximum atomic E-state index is 12.8. The van der Waals surface area contributed by atoms with Gasteiger partial charge in [0.1, 0.15) is 6.04 Å². The first-order chi connectivity index (χ1) is 13.3. The lowest BCUT2D eigenvalue weighted by molar-refractivity contribution is -0.123. The minimum absolute atomic E-state index is 0.143. The number of halogens is 1. The summed E-state index contributed by atoms with van der Waals surface area (Å²) in [6.07, 6.45) is 2.58. The van der Waals surface area contributed by atoms with Crippen LogP contribution in [0.4, 0.5) is 0 Å². The van der Waals surface area contributed by atoms with Gasteiger partial charge in [0, 0.05) is 29.6 Å². The quantitative estimate of drug-likeness (QED) is 0.578. The van der Waals surface area contributed by atoms with Crippen molar-refractivity contribution in [2.45, 2.75) is 31.8 Å². The lowest BCUT2D eigenvalue weighted by Crippen LogP contribution is -2.57. The van der Waals surface area contributed by atoms with E-state index < -0.39 is 6.04 Å². The van der Waals surface area contributed by atoms with Crippen LogP contribution in [-0.4, -0.2) is 73.2 Å². The van der Waals surface area contributed by atoms with Crippen LogP contribution in [0.25, 0.3) is 0 Å². The molecule has 8 heteroatoms. The van der Waals surface area contributed by atoms with Crippen molar-refractivity contribution in [1.82, 2.24) is 15.5 Å². The monoisotopic (exact) mass is 471 g/mol. The molecule has 1 aliphatic heterocycles. The molecule has 1 heterocycles. The smallest absolute Gasteiger partial charge is 0.253 e. The molecule has 0 aliphatic carbocycles. The highest BCUT2D eigenvalue weighted by molar-refractivity contribution is 9.10. The maximum absolute atomic E-state index is 12.8. The highest BCUT2D eigenvalue weighted by atomic mass is 79.9. The van der Waals surface area contributed by atoms with E-state index in [1.165, 1.54) is 0 Å². The van der Waals surface area contributed by atoms with E-state index in [1.54, 1.807) is 17.8 Å². The molecule has 2 N–H and O–H groups in total. The summed E-state index contributed by atoms with van der Waals surface area (Å²) in [6, 6.07) is 6.66. The van der Waals surface area contributed by atoms with E-state index in [0.717, 1.165) is 32.1 Å². The second-order valence-electron chi connectivity index (χ2n) is 7.42. The summed E-state index contributed by atoms with van der Waals surface area (Å²) >= 11 is 5.05. The molecule has 1 aromatic rings. The largest absolute Gasteiger partial charge is 0.379 e. The van der Waals surface area contributed by atoms with Crippen LogP contribution in [0.3, 0.4) is 0 Å². The highest BCUT2D eigenvalue weighted by Gasteiger charge is 2.30. The Bertz CT molecular complexity index is 666. The predicted molar refractivity (Wildman–Crippen MR) is 118 cm³/mol. The fraction of sp³-hybridized carbons (Fsp3) is 0.600. The molecule has 0 unspecified atom stereocenters. The van der Waals surface area contributed by atoms with Crippen molar-refractivity contribution in [3.05, 3.63) is 34.3 Å². The van der Waals surface area contributed by atoms with Gasteiger partial charge >= 0.3 is 0 Å². The van der Waals surface area contributed by atoms with E-state index in [4.69, 9.17) is 4.74 Å². The molecule has 2 amide bonds. The summed E-state index contributed by atoms with van der Waals surface area (Å²) < 4.78 is 6.13. The minimum Gasteiger partial charge on any atom is -0.379 e. The molecule has 156 valence electrons. The Morgan fingerprint density at radius 2 is 1.96 bits per heavy atom. The van der Waals surface area contributed by atoms with Crippen LogP contribution < -0.4 is 10.6 Å². The molecule has 1 atom stereocenters. The molecular weight excluding hydrogens is 442 g/mol. The zero-order valence-electron chi connectivity index (χ0n) is 16.8. The van der Waals surface area contributed by atoms with E-state index in [-0.39, 0.29) is 17.4 Å². The fourth-order valence-electron chi connectivity index (χ4n) is 3.09. The molecular formula is C20H30BrN3O3S. The number of carbonyl (C=O) groups excluding carboxylic acids is 2. The number of nitrogens with one attached hydrogen (secondary N) is 2. The number of hydrogen-bond acceptors (Lipinski definition) is 5. The van der Waals surface area contributed by atoms with E-state index >= 15 is 0 Å². The summed E-state index contributed by atoms with van der Waals surface area (Å²) in [4.78, 5) is 27.8. The first kappa shape index (κ1) is 23.2. The van der Waals surface area contributed by atoms with Crippen LogP contribution in [0.5, 0.6) is 0 Å². The summed E-state index contributed by atoms with van der Waals surface area (Å²) in [7, 11) is 0. The Labute approximate surface area is 180 Å². The van der Waals surface area contributed by atoms with Gasteiger partial charge in [0.15, 0.2) is 0 Å². The number of benzene rings is 1. The molecule has 0 radical (unpaired) electrons. The van der Waals surface area contributed by atoms with Crippen LogP contribution >= 0.6 is 27.7 Å². The summed E-state index contributed by atoms with van der Waals surface area (Å²) in [5.74, 6) is 0.401. The van der Waals surface area contributed by atoms with Crippen molar-refractivity contribution in [1.29, 1.82) is 0 Å². The van der Waals surface area contributed by atoms with E-state index in [9.17, 15) is 9.59 Å². The Hall–Kier alpha value is -1.09. The average Bonchev–Trinajstić information content (AvgIpc) is 2.70. The third-order valence-corrected chi connectivity index (χ3v) is 6.25. The van der Waals surface area contributed by atoms with Gasteiger partial charge in [0.05, 0.1) is 18.8 Å². The number of ether oxygens (including phenoxy) is 1. The number of hydrogen-bond donors (Lipinski definition) is 2. The minimum atomic E-state index is -0.562. The van der Waals surface area contributed by atoms with Gasteiger partial charge in [-0.25, -0.2) is 0 Å². The zero-order chi connectivity index (χ0) is 20.6. The average molecular weight is 472 g/mol. The number of amides is 2. The zero-order valence-corrected chi connectivity index (χ0v) is 19.2. The van der Waals surface area contributed by atoms with Gasteiger partial charge in [-0.15, -0.1) is 0 Å². The molecule has 1 fully saturated rings. The third-order valence-electron chi connectivity index (χ3n) is 4.91. The van der Waals surface area contributed by atoms with Gasteiger partial charge < -0.3 is 15.4 Å². The van der Waals surface area contributed by atoms with Gasteiger partial charge in [-0.1, -0.05) is 12.1 Å². The lowest BCUT2D eigenvalue weighted by atomic mass is 10.0. The van der Waals surface area contributed by atoms with Crippen LogP contribution in [0.1, 0.15) is 30.6 Å².